The van der Waals surface area contributed by atoms with Crippen LogP contribution < -0.4 is 11.1 Å². The first-order valence-corrected chi connectivity index (χ1v) is 13.4. The van der Waals surface area contributed by atoms with Crippen LogP contribution in [0.25, 0.3) is 0 Å². The van der Waals surface area contributed by atoms with E-state index in [9.17, 15) is 24.9 Å². The summed E-state index contributed by atoms with van der Waals surface area (Å²) in [5.41, 5.74) is 8.52. The van der Waals surface area contributed by atoms with Gasteiger partial charge in [0.05, 0.1) is 6.10 Å². The van der Waals surface area contributed by atoms with Gasteiger partial charge in [-0.1, -0.05) is 56.3 Å². The number of phenolic OH excluding ortho intramolecular Hbond substituents is 2. The van der Waals surface area contributed by atoms with Gasteiger partial charge < -0.3 is 31.3 Å². The normalized spacial score (nSPS) is 12.6. The number of nitrogens with zero attached hydrogens (tertiary/aromatic N) is 1. The minimum Gasteiger partial charge on any atom is -0.504 e. The van der Waals surface area contributed by atoms with Crippen LogP contribution in [0.1, 0.15) is 70.0 Å². The lowest BCUT2D eigenvalue weighted by molar-refractivity contribution is 0.0751. The molecule has 39 heavy (non-hydrogen) atoms. The fourth-order valence-corrected chi connectivity index (χ4v) is 4.88. The van der Waals surface area contributed by atoms with E-state index in [1.54, 1.807) is 29.2 Å². The number of hydrogen-bond acceptors (Lipinski definition) is 6. The summed E-state index contributed by atoms with van der Waals surface area (Å²) in [5, 5.41) is 34.1. The summed E-state index contributed by atoms with van der Waals surface area (Å²) in [7, 11) is 0. The van der Waals surface area contributed by atoms with Crippen molar-refractivity contribution in [3.8, 4) is 11.5 Å². The third kappa shape index (κ3) is 7.81. The fourth-order valence-electron chi connectivity index (χ4n) is 4.88. The number of amides is 2. The van der Waals surface area contributed by atoms with E-state index in [1.165, 1.54) is 12.1 Å². The molecule has 3 aromatic rings. The average molecular weight is 534 g/mol. The molecule has 0 saturated heterocycles. The number of rotatable bonds is 14. The van der Waals surface area contributed by atoms with Gasteiger partial charge in [0.1, 0.15) is 0 Å². The lowest BCUT2D eigenvalue weighted by Crippen LogP contribution is -2.37. The first-order chi connectivity index (χ1) is 18.8. The van der Waals surface area contributed by atoms with E-state index in [-0.39, 0.29) is 29.5 Å². The predicted octanol–water partition coefficient (Wildman–Crippen LogP) is 3.94. The molecule has 208 valence electrons. The number of nitrogens with two attached hydrogens (primary N) is 1. The molecule has 6 N–H and O–H groups in total. The summed E-state index contributed by atoms with van der Waals surface area (Å²) in [4.78, 5) is 28.2. The topological polar surface area (TPSA) is 136 Å². The Hall–Kier alpha value is -3.88. The van der Waals surface area contributed by atoms with Crippen LogP contribution in [0.4, 0.5) is 0 Å². The number of primary amides is 1. The number of aliphatic hydroxyl groups excluding tert-OH is 1. The number of carbonyl (C=O) groups is 2. The summed E-state index contributed by atoms with van der Waals surface area (Å²) in [6.07, 6.45) is 0.997. The lowest BCUT2D eigenvalue weighted by atomic mass is 9.81. The molecule has 0 radical (unpaired) electrons. The van der Waals surface area contributed by atoms with E-state index >= 15 is 0 Å². The number of benzene rings is 3. The minimum atomic E-state index is -0.978. The molecule has 0 aliphatic rings. The van der Waals surface area contributed by atoms with E-state index in [0.717, 1.165) is 24.0 Å². The number of phenols is 2. The molecule has 3 aromatic carbocycles. The van der Waals surface area contributed by atoms with Crippen molar-refractivity contribution in [2.75, 3.05) is 19.6 Å². The molecule has 0 bridgehead atoms. The number of aromatic hydroxyl groups is 2. The summed E-state index contributed by atoms with van der Waals surface area (Å²) in [6, 6.07) is 19.1. The van der Waals surface area contributed by atoms with Crippen LogP contribution >= 0.6 is 0 Å². The van der Waals surface area contributed by atoms with Crippen LogP contribution in [-0.4, -0.2) is 57.8 Å². The zero-order valence-electron chi connectivity index (χ0n) is 22.6. The highest BCUT2D eigenvalue weighted by molar-refractivity contribution is 6.02. The van der Waals surface area contributed by atoms with Crippen molar-refractivity contribution in [2.24, 2.45) is 5.73 Å². The molecular weight excluding hydrogens is 494 g/mol. The fraction of sp³-hybridized carbons (Fsp3) is 0.355. The van der Waals surface area contributed by atoms with Crippen molar-refractivity contribution < 1.29 is 24.9 Å². The Bertz CT molecular complexity index is 1240. The zero-order valence-corrected chi connectivity index (χ0v) is 22.6. The molecule has 0 unspecified atom stereocenters. The van der Waals surface area contributed by atoms with Crippen molar-refractivity contribution in [2.45, 2.75) is 51.7 Å². The Labute approximate surface area is 230 Å². The van der Waals surface area contributed by atoms with Crippen molar-refractivity contribution in [3.05, 3.63) is 94.5 Å². The third-order valence-corrected chi connectivity index (χ3v) is 6.73. The molecule has 8 nitrogen and oxygen atoms in total. The quantitative estimate of drug-likeness (QED) is 0.199. The van der Waals surface area contributed by atoms with Gasteiger partial charge in [0.15, 0.2) is 11.5 Å². The first kappa shape index (κ1) is 29.7. The number of aliphatic hydroxyl groups is 1. The van der Waals surface area contributed by atoms with Crippen molar-refractivity contribution >= 4 is 11.8 Å². The standard InChI is InChI=1S/C31H39N3O5/c1-3-15-34(16-4-2)31(39)24-12-8-11-23(30(32)38)29(24)25(17-21-9-6-5-7-10-21)28(37)20-33-19-22-13-14-26(35)27(36)18-22/h5-14,18,25,28,33,35-37H,3-4,15-17,19-20H2,1-2H3,(H2,32,38)/t25-,28+/m1/s1. The van der Waals surface area contributed by atoms with Crippen molar-refractivity contribution in [3.63, 3.8) is 0 Å². The molecule has 2 atom stereocenters. The highest BCUT2D eigenvalue weighted by Gasteiger charge is 2.31. The third-order valence-electron chi connectivity index (χ3n) is 6.73. The van der Waals surface area contributed by atoms with Gasteiger partial charge in [-0.15, -0.1) is 0 Å². The van der Waals surface area contributed by atoms with Gasteiger partial charge in [-0.25, -0.2) is 0 Å². The van der Waals surface area contributed by atoms with Gasteiger partial charge in [-0.3, -0.25) is 9.59 Å². The maximum absolute atomic E-state index is 13.8. The smallest absolute Gasteiger partial charge is 0.254 e. The summed E-state index contributed by atoms with van der Waals surface area (Å²) < 4.78 is 0. The van der Waals surface area contributed by atoms with Crippen molar-refractivity contribution in [1.29, 1.82) is 0 Å². The second-order valence-electron chi connectivity index (χ2n) is 9.74. The highest BCUT2D eigenvalue weighted by atomic mass is 16.3. The van der Waals surface area contributed by atoms with Crippen LogP contribution in [-0.2, 0) is 13.0 Å². The molecule has 0 aromatic heterocycles. The van der Waals surface area contributed by atoms with E-state index < -0.39 is 17.9 Å². The highest BCUT2D eigenvalue weighted by Crippen LogP contribution is 2.32. The minimum absolute atomic E-state index is 0.146. The molecule has 0 spiro atoms. The number of nitrogens with one attached hydrogen (secondary N) is 1. The maximum Gasteiger partial charge on any atom is 0.254 e. The van der Waals surface area contributed by atoms with E-state index in [0.29, 0.717) is 37.2 Å². The zero-order chi connectivity index (χ0) is 28.4. The second kappa shape index (κ2) is 14.3. The number of carbonyl (C=O) groups excluding carboxylic acids is 2. The summed E-state index contributed by atoms with van der Waals surface area (Å²) in [5.74, 6) is -1.88. The molecule has 0 fully saturated rings. The van der Waals surface area contributed by atoms with Crippen LogP contribution in [0.3, 0.4) is 0 Å². The molecule has 0 heterocycles. The average Bonchev–Trinajstić information content (AvgIpc) is 2.93. The Kier molecular flexibility index (Phi) is 10.9. The van der Waals surface area contributed by atoms with E-state index in [2.05, 4.69) is 5.32 Å². The van der Waals surface area contributed by atoms with Gasteiger partial charge in [0.2, 0.25) is 5.91 Å². The van der Waals surface area contributed by atoms with Crippen LogP contribution in [0.15, 0.2) is 66.7 Å². The Morgan fingerprint density at radius 3 is 2.15 bits per heavy atom. The van der Waals surface area contributed by atoms with Gasteiger partial charge in [0, 0.05) is 43.2 Å². The Balaban J connectivity index is 2.00. The molecular formula is C31H39N3O5. The maximum atomic E-state index is 13.8. The van der Waals surface area contributed by atoms with Crippen LogP contribution in [0.5, 0.6) is 11.5 Å². The number of hydrogen-bond donors (Lipinski definition) is 5. The summed E-state index contributed by atoms with van der Waals surface area (Å²) in [6.45, 7) is 5.66. The van der Waals surface area contributed by atoms with Crippen molar-refractivity contribution in [1.82, 2.24) is 10.2 Å². The summed E-state index contributed by atoms with van der Waals surface area (Å²) >= 11 is 0. The SMILES string of the molecule is CCCN(CCC)C(=O)c1cccc(C(N)=O)c1[C@H](Cc1ccccc1)[C@@H](O)CNCc1ccc(O)c(O)c1. The van der Waals surface area contributed by atoms with Crippen LogP contribution in [0.2, 0.25) is 0 Å². The molecule has 0 aliphatic heterocycles. The molecule has 3 rings (SSSR count). The Morgan fingerprint density at radius 2 is 1.54 bits per heavy atom. The van der Waals surface area contributed by atoms with Gasteiger partial charge in [0.25, 0.3) is 5.91 Å². The van der Waals surface area contributed by atoms with Gasteiger partial charge >= 0.3 is 0 Å². The largest absolute Gasteiger partial charge is 0.504 e. The predicted molar refractivity (Wildman–Crippen MR) is 152 cm³/mol. The molecule has 2 amide bonds. The monoisotopic (exact) mass is 533 g/mol. The molecule has 8 heteroatoms. The van der Waals surface area contributed by atoms with E-state index in [1.807, 2.05) is 44.2 Å². The Morgan fingerprint density at radius 1 is 0.872 bits per heavy atom. The van der Waals surface area contributed by atoms with Gasteiger partial charge in [-0.05, 0) is 60.2 Å². The molecule has 0 saturated carbocycles. The first-order valence-electron chi connectivity index (χ1n) is 13.4. The molecule has 0 aliphatic carbocycles. The lowest BCUT2D eigenvalue weighted by Gasteiger charge is -2.29. The van der Waals surface area contributed by atoms with Gasteiger partial charge in [-0.2, -0.15) is 0 Å². The second-order valence-corrected chi connectivity index (χ2v) is 9.74. The van der Waals surface area contributed by atoms with E-state index in [4.69, 9.17) is 5.73 Å². The van der Waals surface area contributed by atoms with Crippen LogP contribution in [0, 0.1) is 0 Å².